The number of alkyl halides is 2. The third-order valence-corrected chi connectivity index (χ3v) is 3.17. The van der Waals surface area contributed by atoms with Crippen LogP contribution in [-0.4, -0.2) is 53.0 Å². The minimum Gasteiger partial charge on any atom is -0.493 e. The molecule has 1 rings (SSSR count). The lowest BCUT2D eigenvalue weighted by atomic mass is 10.1. The lowest BCUT2D eigenvalue weighted by molar-refractivity contribution is -0.0512. The van der Waals surface area contributed by atoms with Gasteiger partial charge >= 0.3 is 6.61 Å². The van der Waals surface area contributed by atoms with Crippen molar-refractivity contribution in [3.63, 3.8) is 0 Å². The van der Waals surface area contributed by atoms with Gasteiger partial charge in [0.2, 0.25) is 0 Å². The number of guanidine groups is 1. The van der Waals surface area contributed by atoms with Crippen LogP contribution in [0.1, 0.15) is 12.5 Å². The van der Waals surface area contributed by atoms with Gasteiger partial charge in [-0.1, -0.05) is 6.07 Å². The molecule has 0 aliphatic carbocycles. The van der Waals surface area contributed by atoms with Crippen LogP contribution in [0.5, 0.6) is 11.5 Å². The van der Waals surface area contributed by atoms with Crippen molar-refractivity contribution in [3.8, 4) is 11.5 Å². The van der Waals surface area contributed by atoms with E-state index in [0.717, 1.165) is 5.56 Å². The maximum absolute atomic E-state index is 12.4. The standard InChI is InChI=1S/C16H25F2N3O3.HI/c1-11(10-22-3)21-16(19-2)20-8-7-12-5-6-13(23-4)14(9-12)24-15(17)18;/h5-6,9,11,15H,7-8,10H2,1-4H3,(H2,19,20,21);1H. The number of nitrogens with one attached hydrogen (secondary N) is 2. The molecule has 0 radical (unpaired) electrons. The number of halogens is 3. The summed E-state index contributed by atoms with van der Waals surface area (Å²) in [7, 11) is 4.72. The third kappa shape index (κ3) is 9.05. The van der Waals surface area contributed by atoms with Gasteiger partial charge in [-0.25, -0.2) is 0 Å². The van der Waals surface area contributed by atoms with E-state index in [0.29, 0.717) is 25.5 Å². The van der Waals surface area contributed by atoms with Crippen LogP contribution in [0, 0.1) is 0 Å². The van der Waals surface area contributed by atoms with Gasteiger partial charge in [-0.3, -0.25) is 4.99 Å². The average molecular weight is 473 g/mol. The summed E-state index contributed by atoms with van der Waals surface area (Å²) in [5.74, 6) is 0.955. The molecular formula is C16H26F2IN3O3. The Balaban J connectivity index is 0.00000576. The van der Waals surface area contributed by atoms with Crippen LogP contribution in [0.4, 0.5) is 8.78 Å². The highest BCUT2D eigenvalue weighted by Crippen LogP contribution is 2.29. The van der Waals surface area contributed by atoms with E-state index in [1.807, 2.05) is 13.0 Å². The van der Waals surface area contributed by atoms with E-state index in [-0.39, 0.29) is 41.5 Å². The van der Waals surface area contributed by atoms with Gasteiger partial charge in [0, 0.05) is 26.7 Å². The van der Waals surface area contributed by atoms with E-state index in [2.05, 4.69) is 20.4 Å². The molecule has 1 atom stereocenters. The molecular weight excluding hydrogens is 447 g/mol. The highest BCUT2D eigenvalue weighted by Gasteiger charge is 2.11. The van der Waals surface area contributed by atoms with Gasteiger partial charge in [0.1, 0.15) is 0 Å². The molecule has 25 heavy (non-hydrogen) atoms. The quantitative estimate of drug-likeness (QED) is 0.328. The van der Waals surface area contributed by atoms with Gasteiger partial charge in [-0.15, -0.1) is 24.0 Å². The van der Waals surface area contributed by atoms with Crippen molar-refractivity contribution in [1.82, 2.24) is 10.6 Å². The minimum atomic E-state index is -2.89. The van der Waals surface area contributed by atoms with Crippen LogP contribution in [0.15, 0.2) is 23.2 Å². The molecule has 9 heteroatoms. The topological polar surface area (TPSA) is 64.1 Å². The SMILES string of the molecule is CN=C(NCCc1ccc(OC)c(OC(F)F)c1)NC(C)COC.I. The number of ether oxygens (including phenoxy) is 3. The second kappa shape index (κ2) is 12.9. The Labute approximate surface area is 164 Å². The molecule has 0 heterocycles. The second-order valence-corrected chi connectivity index (χ2v) is 5.11. The number of benzene rings is 1. The van der Waals surface area contributed by atoms with Gasteiger partial charge in [0.15, 0.2) is 17.5 Å². The van der Waals surface area contributed by atoms with Crippen molar-refractivity contribution >= 4 is 29.9 Å². The largest absolute Gasteiger partial charge is 0.493 e. The monoisotopic (exact) mass is 473 g/mol. The Hall–Kier alpha value is -1.36. The van der Waals surface area contributed by atoms with Crippen molar-refractivity contribution < 1.29 is 23.0 Å². The molecule has 0 spiro atoms. The number of nitrogens with zero attached hydrogens (tertiary/aromatic N) is 1. The van der Waals surface area contributed by atoms with Crippen LogP contribution in [-0.2, 0) is 11.2 Å². The molecule has 2 N–H and O–H groups in total. The van der Waals surface area contributed by atoms with E-state index in [1.54, 1.807) is 26.3 Å². The fourth-order valence-electron chi connectivity index (χ4n) is 2.11. The van der Waals surface area contributed by atoms with E-state index in [4.69, 9.17) is 9.47 Å². The Bertz CT molecular complexity index is 533. The predicted octanol–water partition coefficient (Wildman–Crippen LogP) is 2.66. The first-order chi connectivity index (χ1) is 11.5. The molecule has 6 nitrogen and oxygen atoms in total. The summed E-state index contributed by atoms with van der Waals surface area (Å²) in [5.41, 5.74) is 0.847. The molecule has 0 saturated carbocycles. The van der Waals surface area contributed by atoms with Crippen molar-refractivity contribution in [2.75, 3.05) is 34.4 Å². The molecule has 0 saturated heterocycles. The molecule has 0 aromatic heterocycles. The summed E-state index contributed by atoms with van der Waals surface area (Å²) in [6.07, 6.45) is 0.614. The van der Waals surface area contributed by atoms with Gasteiger partial charge in [-0.2, -0.15) is 8.78 Å². The van der Waals surface area contributed by atoms with Crippen LogP contribution >= 0.6 is 24.0 Å². The fourth-order valence-corrected chi connectivity index (χ4v) is 2.11. The average Bonchev–Trinajstić information content (AvgIpc) is 2.54. The lowest BCUT2D eigenvalue weighted by Gasteiger charge is -2.17. The molecule has 0 bridgehead atoms. The van der Waals surface area contributed by atoms with Crippen LogP contribution in [0.2, 0.25) is 0 Å². The summed E-state index contributed by atoms with van der Waals surface area (Å²) in [5, 5.41) is 6.34. The zero-order valence-electron chi connectivity index (χ0n) is 14.8. The fraction of sp³-hybridized carbons (Fsp3) is 0.562. The zero-order valence-corrected chi connectivity index (χ0v) is 17.2. The van der Waals surface area contributed by atoms with E-state index in [1.165, 1.54) is 7.11 Å². The second-order valence-electron chi connectivity index (χ2n) is 5.11. The summed E-state index contributed by atoms with van der Waals surface area (Å²) in [4.78, 5) is 4.12. The van der Waals surface area contributed by atoms with Crippen molar-refractivity contribution in [3.05, 3.63) is 23.8 Å². The van der Waals surface area contributed by atoms with Gasteiger partial charge in [-0.05, 0) is 31.0 Å². The zero-order chi connectivity index (χ0) is 17.9. The smallest absolute Gasteiger partial charge is 0.387 e. The Morgan fingerprint density at radius 2 is 1.96 bits per heavy atom. The van der Waals surface area contributed by atoms with Crippen molar-refractivity contribution in [2.24, 2.45) is 4.99 Å². The first-order valence-electron chi connectivity index (χ1n) is 7.58. The van der Waals surface area contributed by atoms with Gasteiger partial charge in [0.25, 0.3) is 0 Å². The van der Waals surface area contributed by atoms with Gasteiger partial charge < -0.3 is 24.8 Å². The molecule has 144 valence electrons. The number of methoxy groups -OCH3 is 2. The van der Waals surface area contributed by atoms with Crippen molar-refractivity contribution in [2.45, 2.75) is 26.0 Å². The normalized spacial score (nSPS) is 12.4. The van der Waals surface area contributed by atoms with Crippen LogP contribution < -0.4 is 20.1 Å². The highest BCUT2D eigenvalue weighted by molar-refractivity contribution is 14.0. The summed E-state index contributed by atoms with van der Waals surface area (Å²) >= 11 is 0. The molecule has 0 amide bonds. The lowest BCUT2D eigenvalue weighted by Crippen LogP contribution is -2.44. The van der Waals surface area contributed by atoms with E-state index >= 15 is 0 Å². The molecule has 1 aromatic carbocycles. The first kappa shape index (κ1) is 23.6. The third-order valence-electron chi connectivity index (χ3n) is 3.17. The predicted molar refractivity (Wildman–Crippen MR) is 105 cm³/mol. The maximum Gasteiger partial charge on any atom is 0.387 e. The van der Waals surface area contributed by atoms with Gasteiger partial charge in [0.05, 0.1) is 13.7 Å². The Morgan fingerprint density at radius 1 is 1.24 bits per heavy atom. The summed E-state index contributed by atoms with van der Waals surface area (Å²) < 4.78 is 39.4. The minimum absolute atomic E-state index is 0. The molecule has 1 aromatic rings. The maximum atomic E-state index is 12.4. The first-order valence-corrected chi connectivity index (χ1v) is 7.58. The molecule has 0 fully saturated rings. The number of rotatable bonds is 9. The molecule has 1 unspecified atom stereocenters. The van der Waals surface area contributed by atoms with Crippen LogP contribution in [0.3, 0.4) is 0 Å². The summed E-state index contributed by atoms with van der Waals surface area (Å²) in [6.45, 7) is 0.235. The number of hydrogen-bond donors (Lipinski definition) is 2. The number of aliphatic imine (C=N–C) groups is 1. The highest BCUT2D eigenvalue weighted by atomic mass is 127. The Kier molecular flexibility index (Phi) is 12.2. The van der Waals surface area contributed by atoms with E-state index < -0.39 is 6.61 Å². The summed E-state index contributed by atoms with van der Waals surface area (Å²) in [6, 6.07) is 5.09. The van der Waals surface area contributed by atoms with Crippen LogP contribution in [0.25, 0.3) is 0 Å². The molecule has 0 aliphatic rings. The molecule has 0 aliphatic heterocycles. The Morgan fingerprint density at radius 3 is 2.52 bits per heavy atom. The van der Waals surface area contributed by atoms with E-state index in [9.17, 15) is 8.78 Å². The van der Waals surface area contributed by atoms with Crippen molar-refractivity contribution in [1.29, 1.82) is 0 Å². The number of hydrogen-bond acceptors (Lipinski definition) is 4.